The lowest BCUT2D eigenvalue weighted by atomic mass is 9.98. The first-order valence-corrected chi connectivity index (χ1v) is 10.6. The molecule has 0 saturated heterocycles. The van der Waals surface area contributed by atoms with Crippen LogP contribution in [0.3, 0.4) is 0 Å². The monoisotopic (exact) mass is 484 g/mol. The van der Waals surface area contributed by atoms with Gasteiger partial charge in [0.15, 0.2) is 0 Å². The van der Waals surface area contributed by atoms with Gasteiger partial charge in [-0.25, -0.2) is 9.78 Å². The van der Waals surface area contributed by atoms with Crippen molar-refractivity contribution in [1.29, 1.82) is 0 Å². The molecular formula is C20H32N6O8. The molecule has 0 radical (unpaired) electrons. The number of H-pyrrole nitrogens is 1. The van der Waals surface area contributed by atoms with Gasteiger partial charge in [-0.2, -0.15) is 0 Å². The molecular weight excluding hydrogens is 452 g/mol. The summed E-state index contributed by atoms with van der Waals surface area (Å²) in [6, 6.07) is -5.58. The van der Waals surface area contributed by atoms with E-state index in [1.54, 1.807) is 13.8 Å². The Balaban J connectivity index is 3.11. The maximum atomic E-state index is 12.9. The first-order chi connectivity index (χ1) is 15.9. The molecule has 3 amide bonds. The minimum Gasteiger partial charge on any atom is -0.481 e. The molecule has 6 atom stereocenters. The zero-order chi connectivity index (χ0) is 26.0. The quantitative estimate of drug-likeness (QED) is 0.141. The second kappa shape index (κ2) is 13.3. The molecule has 1 aromatic rings. The van der Waals surface area contributed by atoms with Crippen molar-refractivity contribution in [2.45, 2.75) is 70.3 Å². The number of aromatic nitrogens is 2. The molecule has 0 aromatic carbocycles. The van der Waals surface area contributed by atoms with E-state index < -0.39 is 72.3 Å². The second-order valence-corrected chi connectivity index (χ2v) is 7.98. The molecule has 0 spiro atoms. The van der Waals surface area contributed by atoms with Crippen molar-refractivity contribution in [3.8, 4) is 0 Å². The van der Waals surface area contributed by atoms with E-state index in [9.17, 15) is 34.2 Å². The molecule has 1 aromatic heterocycles. The van der Waals surface area contributed by atoms with E-state index in [1.807, 2.05) is 0 Å². The fourth-order valence-electron chi connectivity index (χ4n) is 2.91. The van der Waals surface area contributed by atoms with Crippen LogP contribution in [0.1, 0.15) is 39.3 Å². The maximum absolute atomic E-state index is 12.9. The molecule has 6 unspecified atom stereocenters. The van der Waals surface area contributed by atoms with Gasteiger partial charge in [0.05, 0.1) is 18.9 Å². The Hall–Kier alpha value is -3.52. The summed E-state index contributed by atoms with van der Waals surface area (Å²) in [5, 5.41) is 35.0. The number of amides is 3. The summed E-state index contributed by atoms with van der Waals surface area (Å²) in [5.74, 6) is -5.87. The third-order valence-corrected chi connectivity index (χ3v) is 5.22. The lowest BCUT2D eigenvalue weighted by molar-refractivity contribution is -0.144. The van der Waals surface area contributed by atoms with Crippen molar-refractivity contribution in [2.24, 2.45) is 11.7 Å². The minimum absolute atomic E-state index is 0.120. The summed E-state index contributed by atoms with van der Waals surface area (Å²) >= 11 is 0. The van der Waals surface area contributed by atoms with Crippen LogP contribution in [0.4, 0.5) is 0 Å². The smallest absolute Gasteiger partial charge is 0.326 e. The van der Waals surface area contributed by atoms with Gasteiger partial charge in [-0.3, -0.25) is 19.2 Å². The molecule has 0 fully saturated rings. The van der Waals surface area contributed by atoms with Crippen molar-refractivity contribution in [1.82, 2.24) is 25.9 Å². The van der Waals surface area contributed by atoms with Gasteiger partial charge in [-0.05, 0) is 12.8 Å². The van der Waals surface area contributed by atoms with E-state index in [-0.39, 0.29) is 6.42 Å². The van der Waals surface area contributed by atoms with E-state index in [4.69, 9.17) is 10.8 Å². The van der Waals surface area contributed by atoms with Gasteiger partial charge in [0.1, 0.15) is 24.2 Å². The van der Waals surface area contributed by atoms with Gasteiger partial charge < -0.3 is 42.0 Å². The number of nitrogens with two attached hydrogens (primary N) is 1. The maximum Gasteiger partial charge on any atom is 0.326 e. The number of carboxylic acids is 2. The summed E-state index contributed by atoms with van der Waals surface area (Å²) in [6.45, 7) is 4.65. The van der Waals surface area contributed by atoms with Crippen molar-refractivity contribution < 1.29 is 39.3 Å². The van der Waals surface area contributed by atoms with E-state index in [2.05, 4.69) is 25.9 Å². The topological polar surface area (TPSA) is 237 Å². The lowest BCUT2D eigenvalue weighted by Crippen LogP contribution is -2.59. The van der Waals surface area contributed by atoms with Gasteiger partial charge in [0.25, 0.3) is 0 Å². The number of imidazole rings is 1. The number of nitrogens with one attached hydrogen (secondary N) is 4. The average Bonchev–Trinajstić information content (AvgIpc) is 3.27. The molecule has 1 rings (SSSR count). The Morgan fingerprint density at radius 1 is 1.03 bits per heavy atom. The Morgan fingerprint density at radius 2 is 1.62 bits per heavy atom. The summed E-state index contributed by atoms with van der Waals surface area (Å²) in [4.78, 5) is 67.4. The SMILES string of the molecule is CCC(C)C(NC(=O)C(Cc1cnc[nH]1)NC(=O)C(CC(=O)O)NC(=O)C(N)C(C)O)C(=O)O. The van der Waals surface area contributed by atoms with Crippen LogP contribution in [0.15, 0.2) is 12.5 Å². The molecule has 0 saturated carbocycles. The van der Waals surface area contributed by atoms with Crippen LogP contribution < -0.4 is 21.7 Å². The molecule has 0 aliphatic carbocycles. The number of hydrogen-bond donors (Lipinski definition) is 8. The molecule has 0 aliphatic heterocycles. The number of aliphatic carboxylic acids is 2. The Bertz CT molecular complexity index is 859. The predicted octanol–water partition coefficient (Wildman–Crippen LogP) is -2.28. The standard InChI is InChI=1S/C20H32N6O8/c1-4-9(2)16(20(33)34)26-18(31)12(5-11-7-22-8-23-11)24-17(30)13(6-14(28)29)25-19(32)15(21)10(3)27/h7-10,12-13,15-16,27H,4-6,21H2,1-3H3,(H,22,23)(H,24,30)(H,25,32)(H,26,31)(H,28,29)(H,33,34). The number of aromatic amines is 1. The van der Waals surface area contributed by atoms with Gasteiger partial charge in [0, 0.05) is 18.3 Å². The van der Waals surface area contributed by atoms with E-state index in [0.717, 1.165) is 0 Å². The number of hydrogen-bond acceptors (Lipinski definition) is 8. The van der Waals surface area contributed by atoms with E-state index >= 15 is 0 Å². The zero-order valence-corrected chi connectivity index (χ0v) is 19.1. The van der Waals surface area contributed by atoms with Crippen LogP contribution in [-0.4, -0.2) is 85.2 Å². The molecule has 190 valence electrons. The van der Waals surface area contributed by atoms with Crippen molar-refractivity contribution in [3.05, 3.63) is 18.2 Å². The van der Waals surface area contributed by atoms with Crippen LogP contribution in [0.25, 0.3) is 0 Å². The van der Waals surface area contributed by atoms with Gasteiger partial charge in [-0.1, -0.05) is 20.3 Å². The fourth-order valence-corrected chi connectivity index (χ4v) is 2.91. The molecule has 1 heterocycles. The van der Waals surface area contributed by atoms with Crippen LogP contribution >= 0.6 is 0 Å². The third-order valence-electron chi connectivity index (χ3n) is 5.22. The van der Waals surface area contributed by atoms with Crippen molar-refractivity contribution >= 4 is 29.7 Å². The second-order valence-electron chi connectivity index (χ2n) is 7.98. The highest BCUT2D eigenvalue weighted by molar-refractivity contribution is 5.95. The highest BCUT2D eigenvalue weighted by Gasteiger charge is 2.33. The molecule has 14 nitrogen and oxygen atoms in total. The highest BCUT2D eigenvalue weighted by Crippen LogP contribution is 2.09. The van der Waals surface area contributed by atoms with Crippen molar-refractivity contribution in [3.63, 3.8) is 0 Å². The summed E-state index contributed by atoms with van der Waals surface area (Å²) in [7, 11) is 0. The number of rotatable bonds is 14. The molecule has 0 bridgehead atoms. The summed E-state index contributed by atoms with van der Waals surface area (Å²) in [6.07, 6.45) is 0.995. The Labute approximate surface area is 195 Å². The Morgan fingerprint density at radius 3 is 2.09 bits per heavy atom. The molecule has 0 aliphatic rings. The van der Waals surface area contributed by atoms with Gasteiger partial charge >= 0.3 is 11.9 Å². The van der Waals surface area contributed by atoms with Crippen molar-refractivity contribution in [2.75, 3.05) is 0 Å². The number of carboxylic acid groups (broad SMARTS) is 2. The molecule has 34 heavy (non-hydrogen) atoms. The van der Waals surface area contributed by atoms with Gasteiger partial charge in [0.2, 0.25) is 17.7 Å². The first kappa shape index (κ1) is 28.5. The summed E-state index contributed by atoms with van der Waals surface area (Å²) < 4.78 is 0. The number of aliphatic hydroxyl groups excluding tert-OH is 1. The summed E-state index contributed by atoms with van der Waals surface area (Å²) in [5.41, 5.74) is 5.97. The molecule has 14 heteroatoms. The van der Waals surface area contributed by atoms with Crippen LogP contribution in [0, 0.1) is 5.92 Å². The number of carbonyl (C=O) groups is 5. The highest BCUT2D eigenvalue weighted by atomic mass is 16.4. The van der Waals surface area contributed by atoms with Crippen LogP contribution in [0.5, 0.6) is 0 Å². The first-order valence-electron chi connectivity index (χ1n) is 10.6. The zero-order valence-electron chi connectivity index (χ0n) is 19.1. The largest absolute Gasteiger partial charge is 0.481 e. The normalized spacial score (nSPS) is 16.3. The Kier molecular flexibility index (Phi) is 11.1. The fraction of sp³-hybridized carbons (Fsp3) is 0.600. The number of carbonyl (C=O) groups excluding carboxylic acids is 3. The van der Waals surface area contributed by atoms with E-state index in [0.29, 0.717) is 12.1 Å². The minimum atomic E-state index is -1.61. The average molecular weight is 485 g/mol. The lowest BCUT2D eigenvalue weighted by Gasteiger charge is -2.26. The number of nitrogens with zero attached hydrogens (tertiary/aromatic N) is 1. The van der Waals surface area contributed by atoms with Crippen LogP contribution in [0.2, 0.25) is 0 Å². The van der Waals surface area contributed by atoms with Gasteiger partial charge in [-0.15, -0.1) is 0 Å². The number of aliphatic hydroxyl groups is 1. The van der Waals surface area contributed by atoms with E-state index in [1.165, 1.54) is 19.4 Å². The molecule has 9 N–H and O–H groups in total. The van der Waals surface area contributed by atoms with Crippen LogP contribution in [-0.2, 0) is 30.4 Å². The third kappa shape index (κ3) is 8.78. The predicted molar refractivity (Wildman–Crippen MR) is 117 cm³/mol.